The molecule has 1 aliphatic heterocycles. The molecule has 1 fully saturated rings. The van der Waals surface area contributed by atoms with E-state index in [1.54, 1.807) is 0 Å². The summed E-state index contributed by atoms with van der Waals surface area (Å²) in [6, 6.07) is 1.43. The summed E-state index contributed by atoms with van der Waals surface area (Å²) in [5.41, 5.74) is 4.94. The van der Waals surface area contributed by atoms with Crippen molar-refractivity contribution in [2.24, 2.45) is 0 Å². The second-order valence-corrected chi connectivity index (χ2v) is 14.7. The van der Waals surface area contributed by atoms with Crippen LogP contribution in [-0.4, -0.2) is 51.5 Å². The normalized spacial score (nSPS) is 18.6. The van der Waals surface area contributed by atoms with Crippen molar-refractivity contribution in [1.29, 1.82) is 0 Å². The topological polar surface area (TPSA) is 143 Å². The van der Waals surface area contributed by atoms with Gasteiger partial charge in [-0.25, -0.2) is 4.79 Å². The first-order valence-electron chi connectivity index (χ1n) is 20.9. The first kappa shape index (κ1) is 44.7. The lowest BCUT2D eigenvalue weighted by Gasteiger charge is -2.21. The Morgan fingerprint density at radius 1 is 0.706 bits per heavy atom. The maximum atomic E-state index is 12.8. The van der Waals surface area contributed by atoms with Crippen molar-refractivity contribution < 1.29 is 28.9 Å². The molecule has 0 bridgehead atoms. The number of anilines is 1. The summed E-state index contributed by atoms with van der Waals surface area (Å²) in [6.07, 6.45) is 29.0. The van der Waals surface area contributed by atoms with Crippen LogP contribution in [-0.2, 0) is 23.8 Å². The van der Waals surface area contributed by atoms with Crippen LogP contribution in [0.4, 0.5) is 5.82 Å². The molecule has 294 valence electrons. The number of aliphatic hydroxyl groups is 1. The largest absolute Gasteiger partial charge is 0.463 e. The van der Waals surface area contributed by atoms with E-state index in [-0.39, 0.29) is 24.8 Å². The second kappa shape index (κ2) is 29.0. The highest BCUT2D eigenvalue weighted by Crippen LogP contribution is 2.31. The monoisotopic (exact) mass is 720 g/mol. The molecule has 0 unspecified atom stereocenters. The molecule has 1 aliphatic rings. The minimum atomic E-state index is -1.35. The number of nitrogens with two attached hydrogens (primary N) is 1. The highest BCUT2D eigenvalue weighted by Gasteiger charge is 2.48. The molecule has 51 heavy (non-hydrogen) atoms. The fourth-order valence-electron chi connectivity index (χ4n) is 6.88. The lowest BCUT2D eigenvalue weighted by molar-refractivity contribution is -0.160. The smallest absolute Gasteiger partial charge is 0.351 e. The van der Waals surface area contributed by atoms with Crippen LogP contribution in [0.25, 0.3) is 0 Å². The van der Waals surface area contributed by atoms with Gasteiger partial charge in [-0.3, -0.25) is 14.2 Å². The van der Waals surface area contributed by atoms with Crippen molar-refractivity contribution >= 4 is 17.8 Å². The molecule has 1 aromatic rings. The average Bonchev–Trinajstić information content (AvgIpc) is 3.41. The Hall–Kier alpha value is -2.46. The van der Waals surface area contributed by atoms with Crippen molar-refractivity contribution in [1.82, 2.24) is 9.55 Å². The molecule has 4 atom stereocenters. The van der Waals surface area contributed by atoms with Crippen LogP contribution in [0.2, 0.25) is 0 Å². The number of hydrogen-bond donors (Lipinski definition) is 2. The van der Waals surface area contributed by atoms with Crippen molar-refractivity contribution in [3.05, 3.63) is 22.7 Å². The van der Waals surface area contributed by atoms with E-state index in [0.29, 0.717) is 12.8 Å². The Labute approximate surface area is 309 Å². The lowest BCUT2D eigenvalue weighted by Crippen LogP contribution is -2.39. The van der Waals surface area contributed by atoms with Gasteiger partial charge in [0.2, 0.25) is 0 Å². The summed E-state index contributed by atoms with van der Waals surface area (Å²) in [6.45, 7) is 4.30. The van der Waals surface area contributed by atoms with Gasteiger partial charge < -0.3 is 25.1 Å². The third-order valence-corrected chi connectivity index (χ3v) is 10.1. The fraction of sp³-hybridized carbons (Fsp3) is 0.854. The van der Waals surface area contributed by atoms with Crippen LogP contribution in [0, 0.1) is 0 Å². The Bertz CT molecular complexity index is 1100. The van der Waals surface area contributed by atoms with E-state index in [0.717, 1.165) is 36.7 Å². The van der Waals surface area contributed by atoms with E-state index in [4.69, 9.17) is 19.9 Å². The molecule has 2 heterocycles. The van der Waals surface area contributed by atoms with Crippen LogP contribution in [0.15, 0.2) is 17.1 Å². The SMILES string of the molecule is CCCCCCCCCCCCCCCC(=O)OC[C@H]1O[C@@H](n2ccc(N)nc2=O)[C@@H](O)[C@@H]1OC(=O)CCCCCCCCCCCCCCC. The Morgan fingerprint density at radius 2 is 1.12 bits per heavy atom. The minimum Gasteiger partial charge on any atom is -0.463 e. The first-order chi connectivity index (χ1) is 24.9. The molecule has 0 saturated carbocycles. The van der Waals surface area contributed by atoms with Gasteiger partial charge in [-0.05, 0) is 18.9 Å². The molecule has 1 saturated heterocycles. The summed E-state index contributed by atoms with van der Waals surface area (Å²) in [7, 11) is 0. The highest BCUT2D eigenvalue weighted by molar-refractivity contribution is 5.70. The molecule has 10 heteroatoms. The molecule has 0 amide bonds. The summed E-state index contributed by atoms with van der Waals surface area (Å²) >= 11 is 0. The maximum absolute atomic E-state index is 12.8. The third kappa shape index (κ3) is 20.4. The minimum absolute atomic E-state index is 0.0446. The standard InChI is InChI=1S/C41H73N3O7/c1-3-5-7-9-11-13-15-17-19-21-23-25-27-29-36(45)49-33-34-39(38(47)40(50-34)44-32-31-35(42)43-41(44)48)51-37(46)30-28-26-24-22-20-18-16-14-12-10-8-6-4-2/h31-32,34,38-40,47H,3-30,33H2,1-2H3,(H2,42,43,48)/t34-,38+,39-,40-/m1/s1. The number of nitrogens with zero attached hydrogens (tertiary/aromatic N) is 2. The molecule has 0 aromatic carbocycles. The van der Waals surface area contributed by atoms with E-state index >= 15 is 0 Å². The molecule has 3 N–H and O–H groups in total. The quantitative estimate of drug-likeness (QED) is 0.0550. The molecule has 2 rings (SSSR count). The highest BCUT2D eigenvalue weighted by atomic mass is 16.6. The summed E-state index contributed by atoms with van der Waals surface area (Å²) < 4.78 is 18.3. The predicted octanol–water partition coefficient (Wildman–Crippen LogP) is 9.50. The second-order valence-electron chi connectivity index (χ2n) is 14.7. The van der Waals surface area contributed by atoms with Crippen LogP contribution < -0.4 is 11.4 Å². The molecule has 0 spiro atoms. The first-order valence-corrected chi connectivity index (χ1v) is 20.9. The number of aromatic nitrogens is 2. The van der Waals surface area contributed by atoms with E-state index in [1.807, 2.05) is 0 Å². The molecule has 0 radical (unpaired) electrons. The van der Waals surface area contributed by atoms with Gasteiger partial charge >= 0.3 is 17.6 Å². The number of nitrogen functional groups attached to an aromatic ring is 1. The van der Waals surface area contributed by atoms with E-state index in [9.17, 15) is 19.5 Å². The van der Waals surface area contributed by atoms with E-state index in [1.165, 1.54) is 141 Å². The number of unbranched alkanes of at least 4 members (excludes halogenated alkanes) is 24. The zero-order chi connectivity index (χ0) is 36.9. The van der Waals surface area contributed by atoms with E-state index < -0.39 is 36.2 Å². The fourth-order valence-corrected chi connectivity index (χ4v) is 6.88. The van der Waals surface area contributed by atoms with Crippen molar-refractivity contribution in [3.8, 4) is 0 Å². The lowest BCUT2D eigenvalue weighted by atomic mass is 10.0. The Kier molecular flexibility index (Phi) is 25.5. The van der Waals surface area contributed by atoms with Crippen LogP contribution in [0.1, 0.15) is 200 Å². The summed E-state index contributed by atoms with van der Waals surface area (Å²) in [4.78, 5) is 41.7. The number of hydrogen-bond acceptors (Lipinski definition) is 9. The van der Waals surface area contributed by atoms with E-state index in [2.05, 4.69) is 18.8 Å². The van der Waals surface area contributed by atoms with Crippen molar-refractivity contribution in [3.63, 3.8) is 0 Å². The number of carbonyl (C=O) groups is 2. The van der Waals surface area contributed by atoms with Gasteiger partial charge in [-0.1, -0.05) is 168 Å². The summed E-state index contributed by atoms with van der Waals surface area (Å²) in [5, 5.41) is 11.1. The van der Waals surface area contributed by atoms with Crippen LogP contribution >= 0.6 is 0 Å². The number of ether oxygens (including phenoxy) is 3. The molecular formula is C41H73N3O7. The van der Waals surface area contributed by atoms with Gasteiger partial charge in [0.05, 0.1) is 0 Å². The third-order valence-electron chi connectivity index (χ3n) is 10.1. The van der Waals surface area contributed by atoms with Gasteiger partial charge in [0.1, 0.15) is 24.6 Å². The maximum Gasteiger partial charge on any atom is 0.351 e. The van der Waals surface area contributed by atoms with Crippen molar-refractivity contribution in [2.45, 2.75) is 218 Å². The Balaban J connectivity index is 1.69. The average molecular weight is 720 g/mol. The van der Waals surface area contributed by atoms with Gasteiger partial charge in [0.15, 0.2) is 12.3 Å². The van der Waals surface area contributed by atoms with Gasteiger partial charge in [0.25, 0.3) is 0 Å². The number of rotatable bonds is 32. The number of aliphatic hydroxyl groups excluding tert-OH is 1. The Morgan fingerprint density at radius 3 is 1.55 bits per heavy atom. The zero-order valence-electron chi connectivity index (χ0n) is 32.3. The van der Waals surface area contributed by atoms with Crippen LogP contribution in [0.3, 0.4) is 0 Å². The molecule has 10 nitrogen and oxygen atoms in total. The molecule has 1 aromatic heterocycles. The van der Waals surface area contributed by atoms with Crippen LogP contribution in [0.5, 0.6) is 0 Å². The predicted molar refractivity (Wildman–Crippen MR) is 204 cm³/mol. The van der Waals surface area contributed by atoms with Gasteiger partial charge in [-0.2, -0.15) is 4.98 Å². The van der Waals surface area contributed by atoms with Crippen molar-refractivity contribution in [2.75, 3.05) is 12.3 Å². The van der Waals surface area contributed by atoms with Gasteiger partial charge in [-0.15, -0.1) is 0 Å². The van der Waals surface area contributed by atoms with Gasteiger partial charge in [0, 0.05) is 19.0 Å². The molecular weight excluding hydrogens is 646 g/mol. The molecule has 0 aliphatic carbocycles. The number of carbonyl (C=O) groups excluding carboxylic acids is 2. The number of esters is 2. The zero-order valence-corrected chi connectivity index (χ0v) is 32.3. The summed E-state index contributed by atoms with van der Waals surface area (Å²) in [5.74, 6) is -0.761.